The van der Waals surface area contributed by atoms with Crippen LogP contribution in [0.25, 0.3) is 0 Å². The fourth-order valence-electron chi connectivity index (χ4n) is 3.63. The number of carbonyl (C=O) groups is 1. The number of ether oxygens (including phenoxy) is 1. The van der Waals surface area contributed by atoms with Crippen molar-refractivity contribution >= 4 is 17.3 Å². The van der Waals surface area contributed by atoms with Crippen molar-refractivity contribution in [2.45, 2.75) is 32.1 Å². The number of rotatable bonds is 4. The summed E-state index contributed by atoms with van der Waals surface area (Å²) in [5.74, 6) is -0.0343. The van der Waals surface area contributed by atoms with Crippen LogP contribution in [0.5, 0.6) is 0 Å². The van der Waals surface area contributed by atoms with Gasteiger partial charge >= 0.3 is 0 Å². The van der Waals surface area contributed by atoms with E-state index in [-0.39, 0.29) is 23.9 Å². The Morgan fingerprint density at radius 2 is 2.13 bits per heavy atom. The third-order valence-corrected chi connectivity index (χ3v) is 5.00. The number of fused-ring (bicyclic) bond motifs is 2. The van der Waals surface area contributed by atoms with Crippen LogP contribution in [0.1, 0.15) is 32.3 Å². The zero-order valence-corrected chi connectivity index (χ0v) is 13.9. The number of anilines is 2. The molecule has 1 spiro atoms. The van der Waals surface area contributed by atoms with E-state index in [1.807, 2.05) is 26.0 Å². The van der Waals surface area contributed by atoms with Gasteiger partial charge in [0.1, 0.15) is 6.67 Å². The molecule has 3 rings (SSSR count). The largest absolute Gasteiger partial charge is 0.381 e. The second kappa shape index (κ2) is 6.48. The van der Waals surface area contributed by atoms with E-state index in [1.165, 1.54) is 5.56 Å². The van der Waals surface area contributed by atoms with Crippen LogP contribution in [-0.4, -0.2) is 38.9 Å². The number of hydrogen-bond acceptors (Lipinski definition) is 3. The molecule has 1 fully saturated rings. The number of nitrogens with zero attached hydrogens (tertiary/aromatic N) is 1. The summed E-state index contributed by atoms with van der Waals surface area (Å²) in [6.45, 7) is 6.16. The van der Waals surface area contributed by atoms with Gasteiger partial charge in [0.05, 0.1) is 0 Å². The van der Waals surface area contributed by atoms with Crippen molar-refractivity contribution in [3.63, 3.8) is 0 Å². The maximum Gasteiger partial charge on any atom is 0.226 e. The van der Waals surface area contributed by atoms with Gasteiger partial charge in [0.25, 0.3) is 0 Å². The van der Waals surface area contributed by atoms with Gasteiger partial charge in [0, 0.05) is 49.0 Å². The summed E-state index contributed by atoms with van der Waals surface area (Å²) >= 11 is 0. The molecule has 23 heavy (non-hydrogen) atoms. The van der Waals surface area contributed by atoms with Crippen LogP contribution < -0.4 is 10.2 Å². The van der Waals surface area contributed by atoms with E-state index in [4.69, 9.17) is 4.74 Å². The maximum absolute atomic E-state index is 12.9. The molecule has 0 aromatic heterocycles. The molecule has 0 atom stereocenters. The van der Waals surface area contributed by atoms with Crippen molar-refractivity contribution < 1.29 is 13.9 Å². The Morgan fingerprint density at radius 3 is 2.78 bits per heavy atom. The molecule has 126 valence electrons. The predicted octanol–water partition coefficient (Wildman–Crippen LogP) is 3.12. The van der Waals surface area contributed by atoms with Gasteiger partial charge in [-0.3, -0.25) is 4.79 Å². The van der Waals surface area contributed by atoms with Crippen molar-refractivity contribution in [3.05, 3.63) is 23.8 Å². The Kier molecular flexibility index (Phi) is 4.57. The fraction of sp³-hybridized carbons (Fsp3) is 0.611. The van der Waals surface area contributed by atoms with Crippen LogP contribution in [0.2, 0.25) is 0 Å². The Balaban J connectivity index is 1.93. The summed E-state index contributed by atoms with van der Waals surface area (Å²) in [5, 5.41) is 2.98. The van der Waals surface area contributed by atoms with E-state index in [0.717, 1.165) is 44.0 Å². The molecule has 2 aliphatic heterocycles. The highest BCUT2D eigenvalue weighted by Crippen LogP contribution is 2.47. The second-order valence-corrected chi connectivity index (χ2v) is 6.88. The third-order valence-electron chi connectivity index (χ3n) is 5.00. The van der Waals surface area contributed by atoms with Crippen LogP contribution in [0.15, 0.2) is 18.2 Å². The monoisotopic (exact) mass is 320 g/mol. The van der Waals surface area contributed by atoms with Gasteiger partial charge in [0.15, 0.2) is 0 Å². The highest BCUT2D eigenvalue weighted by Gasteiger charge is 2.43. The minimum atomic E-state index is -0.349. The lowest BCUT2D eigenvalue weighted by molar-refractivity contribution is -0.118. The highest BCUT2D eigenvalue weighted by molar-refractivity contribution is 5.92. The summed E-state index contributed by atoms with van der Waals surface area (Å²) in [7, 11) is 0. The molecule has 1 saturated heterocycles. The first-order chi connectivity index (χ1) is 11.1. The number of nitrogens with one attached hydrogen (secondary N) is 1. The number of alkyl halides is 1. The van der Waals surface area contributed by atoms with E-state index in [0.29, 0.717) is 6.54 Å². The molecule has 0 radical (unpaired) electrons. The van der Waals surface area contributed by atoms with Gasteiger partial charge in [-0.2, -0.15) is 0 Å². The molecule has 1 N–H and O–H groups in total. The van der Waals surface area contributed by atoms with Gasteiger partial charge in [-0.25, -0.2) is 4.39 Å². The van der Waals surface area contributed by atoms with Crippen molar-refractivity contribution in [1.29, 1.82) is 0 Å². The smallest absolute Gasteiger partial charge is 0.226 e. The molecule has 4 nitrogen and oxygen atoms in total. The molecule has 1 aromatic rings. The molecule has 2 heterocycles. The van der Waals surface area contributed by atoms with Gasteiger partial charge in [-0.1, -0.05) is 13.8 Å². The molecule has 2 aliphatic rings. The van der Waals surface area contributed by atoms with E-state index in [9.17, 15) is 9.18 Å². The molecule has 5 heteroatoms. The summed E-state index contributed by atoms with van der Waals surface area (Å²) in [5.41, 5.74) is 3.19. The van der Waals surface area contributed by atoms with Crippen molar-refractivity contribution in [3.8, 4) is 0 Å². The Labute approximate surface area is 137 Å². The lowest BCUT2D eigenvalue weighted by atomic mass is 9.76. The van der Waals surface area contributed by atoms with Crippen LogP contribution >= 0.6 is 0 Å². The molecule has 0 bridgehead atoms. The standard InChI is InChI=1S/C18H25FN2O2/c1-13(2)17(22)20-14-3-4-16-15(11-14)18(5-9-23-10-6-18)12-21(16)8-7-19/h3-4,11,13H,5-10,12H2,1-2H3,(H,20,22). The molecule has 0 aliphatic carbocycles. The quantitative estimate of drug-likeness (QED) is 0.927. The number of halogens is 1. The molecule has 0 unspecified atom stereocenters. The van der Waals surface area contributed by atoms with Gasteiger partial charge < -0.3 is 15.0 Å². The van der Waals surface area contributed by atoms with Crippen LogP contribution in [-0.2, 0) is 14.9 Å². The lowest BCUT2D eigenvalue weighted by Gasteiger charge is -2.34. The maximum atomic E-state index is 12.9. The minimum absolute atomic E-state index is 0.0181. The summed E-state index contributed by atoms with van der Waals surface area (Å²) < 4.78 is 18.4. The first-order valence-corrected chi connectivity index (χ1v) is 8.40. The average molecular weight is 320 g/mol. The van der Waals surface area contributed by atoms with Crippen molar-refractivity contribution in [2.24, 2.45) is 5.92 Å². The van der Waals surface area contributed by atoms with Crippen LogP contribution in [0.3, 0.4) is 0 Å². The molecular weight excluding hydrogens is 295 g/mol. The molecular formula is C18H25FN2O2. The zero-order chi connectivity index (χ0) is 16.4. The first kappa shape index (κ1) is 16.2. The van der Waals surface area contributed by atoms with E-state index in [2.05, 4.69) is 16.3 Å². The minimum Gasteiger partial charge on any atom is -0.381 e. The number of hydrogen-bond donors (Lipinski definition) is 1. The Morgan fingerprint density at radius 1 is 1.39 bits per heavy atom. The van der Waals surface area contributed by atoms with E-state index < -0.39 is 0 Å². The molecule has 1 aromatic carbocycles. The average Bonchev–Trinajstić information content (AvgIpc) is 2.82. The number of carbonyl (C=O) groups excluding carboxylic acids is 1. The van der Waals surface area contributed by atoms with Gasteiger partial charge in [-0.15, -0.1) is 0 Å². The Bertz CT molecular complexity index is 582. The topological polar surface area (TPSA) is 41.6 Å². The van der Waals surface area contributed by atoms with Gasteiger partial charge in [0.2, 0.25) is 5.91 Å². The summed E-state index contributed by atoms with van der Waals surface area (Å²) in [6, 6.07) is 6.02. The Hall–Kier alpha value is -1.62. The summed E-state index contributed by atoms with van der Waals surface area (Å²) in [6.07, 6.45) is 1.90. The third kappa shape index (κ3) is 3.07. The molecule has 0 saturated carbocycles. The normalized spacial score (nSPS) is 19.2. The van der Waals surface area contributed by atoms with Crippen LogP contribution in [0.4, 0.5) is 15.8 Å². The van der Waals surface area contributed by atoms with Crippen LogP contribution in [0, 0.1) is 5.92 Å². The number of benzene rings is 1. The summed E-state index contributed by atoms with van der Waals surface area (Å²) in [4.78, 5) is 14.1. The van der Waals surface area contributed by atoms with E-state index >= 15 is 0 Å². The van der Waals surface area contributed by atoms with Gasteiger partial charge in [-0.05, 0) is 36.6 Å². The second-order valence-electron chi connectivity index (χ2n) is 6.88. The van der Waals surface area contributed by atoms with Crippen molar-refractivity contribution in [1.82, 2.24) is 0 Å². The highest BCUT2D eigenvalue weighted by atomic mass is 19.1. The number of amides is 1. The fourth-order valence-corrected chi connectivity index (χ4v) is 3.63. The lowest BCUT2D eigenvalue weighted by Crippen LogP contribution is -2.39. The zero-order valence-electron chi connectivity index (χ0n) is 13.9. The SMILES string of the molecule is CC(C)C(=O)Nc1ccc2c(c1)C1(CCOCC1)CN2CCF. The first-order valence-electron chi connectivity index (χ1n) is 8.40. The van der Waals surface area contributed by atoms with E-state index in [1.54, 1.807) is 0 Å². The molecule has 1 amide bonds. The van der Waals surface area contributed by atoms with Crippen molar-refractivity contribution in [2.75, 3.05) is 43.2 Å². The predicted molar refractivity (Wildman–Crippen MR) is 89.8 cm³/mol.